The van der Waals surface area contributed by atoms with Crippen LogP contribution in [0, 0.1) is 0 Å². The maximum absolute atomic E-state index is 10.2. The van der Waals surface area contributed by atoms with Crippen molar-refractivity contribution in [2.24, 2.45) is 0 Å². The molecule has 0 aliphatic carbocycles. The molecular weight excluding hydrogens is 200 g/mol. The van der Waals surface area contributed by atoms with Crippen LogP contribution in [0.2, 0.25) is 0 Å². The Morgan fingerprint density at radius 1 is 1.06 bits per heavy atom. The van der Waals surface area contributed by atoms with Crippen molar-refractivity contribution in [1.29, 1.82) is 0 Å². The summed E-state index contributed by atoms with van der Waals surface area (Å²) in [5.41, 5.74) is 1.65. The molecule has 92 valence electrons. The fourth-order valence-electron chi connectivity index (χ4n) is 1.86. The van der Waals surface area contributed by atoms with Gasteiger partial charge in [-0.15, -0.1) is 0 Å². The van der Waals surface area contributed by atoms with Gasteiger partial charge in [-0.2, -0.15) is 5.10 Å². The summed E-state index contributed by atoms with van der Waals surface area (Å²) >= 11 is 0. The van der Waals surface area contributed by atoms with Crippen LogP contribution in [0.4, 0.5) is 0 Å². The largest absolute Gasteiger partial charge is 0.504 e. The zero-order valence-corrected chi connectivity index (χ0v) is 11.5. The number of aromatic hydroxyl groups is 1. The summed E-state index contributed by atoms with van der Waals surface area (Å²) in [4.78, 5) is 0. The van der Waals surface area contributed by atoms with Crippen molar-refractivity contribution in [3.05, 3.63) is 11.4 Å². The second kappa shape index (κ2) is 4.11. The Balaban J connectivity index is 3.44. The van der Waals surface area contributed by atoms with Crippen molar-refractivity contribution in [3.63, 3.8) is 0 Å². The number of aromatic nitrogens is 2. The molecule has 1 heterocycles. The highest BCUT2D eigenvalue weighted by atomic mass is 16.3. The van der Waals surface area contributed by atoms with Gasteiger partial charge in [-0.3, -0.25) is 4.68 Å². The molecule has 1 aromatic rings. The zero-order chi connectivity index (χ0) is 12.7. The summed E-state index contributed by atoms with van der Waals surface area (Å²) in [5.74, 6) is 0.903. The van der Waals surface area contributed by atoms with Crippen molar-refractivity contribution in [2.45, 2.75) is 65.8 Å². The molecule has 3 nitrogen and oxygen atoms in total. The SMILES string of the molecule is CC(C)c1nn(C(C)(C)C)c(C(C)C)c1O. The molecule has 0 unspecified atom stereocenters. The van der Waals surface area contributed by atoms with E-state index in [0.717, 1.165) is 11.4 Å². The molecule has 1 rings (SSSR count). The van der Waals surface area contributed by atoms with E-state index in [1.165, 1.54) is 0 Å². The minimum atomic E-state index is -0.0930. The molecule has 0 bridgehead atoms. The smallest absolute Gasteiger partial charge is 0.160 e. The lowest BCUT2D eigenvalue weighted by Crippen LogP contribution is -2.26. The van der Waals surface area contributed by atoms with E-state index in [1.807, 2.05) is 4.68 Å². The van der Waals surface area contributed by atoms with E-state index in [1.54, 1.807) is 0 Å². The Hall–Kier alpha value is -0.990. The predicted molar refractivity (Wildman–Crippen MR) is 67.1 cm³/mol. The van der Waals surface area contributed by atoms with Crippen molar-refractivity contribution >= 4 is 0 Å². The first-order valence-corrected chi connectivity index (χ1v) is 5.98. The Morgan fingerprint density at radius 3 is 1.81 bits per heavy atom. The summed E-state index contributed by atoms with van der Waals surface area (Å²) in [6.45, 7) is 14.6. The van der Waals surface area contributed by atoms with Crippen molar-refractivity contribution in [1.82, 2.24) is 9.78 Å². The van der Waals surface area contributed by atoms with Crippen LogP contribution < -0.4 is 0 Å². The second-order valence-corrected chi connectivity index (χ2v) is 6.01. The van der Waals surface area contributed by atoms with E-state index >= 15 is 0 Å². The van der Waals surface area contributed by atoms with E-state index < -0.39 is 0 Å². The molecule has 1 aromatic heterocycles. The zero-order valence-electron chi connectivity index (χ0n) is 11.5. The second-order valence-electron chi connectivity index (χ2n) is 6.01. The lowest BCUT2D eigenvalue weighted by Gasteiger charge is -2.23. The van der Waals surface area contributed by atoms with Gasteiger partial charge in [-0.1, -0.05) is 27.7 Å². The first-order valence-electron chi connectivity index (χ1n) is 5.98. The summed E-state index contributed by atoms with van der Waals surface area (Å²) < 4.78 is 1.96. The molecule has 0 fully saturated rings. The van der Waals surface area contributed by atoms with E-state index in [0.29, 0.717) is 5.75 Å². The molecule has 0 atom stereocenters. The van der Waals surface area contributed by atoms with Gasteiger partial charge >= 0.3 is 0 Å². The summed E-state index contributed by atoms with van der Waals surface area (Å²) in [5, 5.41) is 14.8. The molecule has 0 saturated heterocycles. The van der Waals surface area contributed by atoms with Crippen LogP contribution in [0.3, 0.4) is 0 Å². The van der Waals surface area contributed by atoms with E-state index in [9.17, 15) is 5.11 Å². The summed E-state index contributed by atoms with van der Waals surface area (Å²) in [7, 11) is 0. The fraction of sp³-hybridized carbons (Fsp3) is 0.769. The number of hydrogen-bond acceptors (Lipinski definition) is 2. The van der Waals surface area contributed by atoms with Gasteiger partial charge < -0.3 is 5.11 Å². The first-order chi connectivity index (χ1) is 7.16. The minimum absolute atomic E-state index is 0.0930. The average molecular weight is 224 g/mol. The third-order valence-electron chi connectivity index (χ3n) is 2.65. The molecule has 1 N–H and O–H groups in total. The van der Waals surface area contributed by atoms with Crippen LogP contribution in [0.25, 0.3) is 0 Å². The Labute approximate surface area is 98.5 Å². The lowest BCUT2D eigenvalue weighted by molar-refractivity contribution is 0.332. The minimum Gasteiger partial charge on any atom is -0.504 e. The molecule has 0 amide bonds. The highest BCUT2D eigenvalue weighted by molar-refractivity contribution is 5.36. The predicted octanol–water partition coefficient (Wildman–Crippen LogP) is 3.59. The molecule has 3 heteroatoms. The average Bonchev–Trinajstić information content (AvgIpc) is 2.41. The maximum atomic E-state index is 10.2. The quantitative estimate of drug-likeness (QED) is 0.833. The van der Waals surface area contributed by atoms with Crippen molar-refractivity contribution in [2.75, 3.05) is 0 Å². The molecule has 0 aliphatic rings. The van der Waals surface area contributed by atoms with E-state index in [2.05, 4.69) is 53.6 Å². The molecule has 0 radical (unpaired) electrons. The third kappa shape index (κ3) is 2.23. The first kappa shape index (κ1) is 13.1. The topological polar surface area (TPSA) is 38.0 Å². The van der Waals surface area contributed by atoms with Crippen LogP contribution >= 0.6 is 0 Å². The van der Waals surface area contributed by atoms with Gasteiger partial charge in [0.2, 0.25) is 0 Å². The fourth-order valence-corrected chi connectivity index (χ4v) is 1.86. The number of hydrogen-bond donors (Lipinski definition) is 1. The normalized spacial score (nSPS) is 12.8. The molecule has 0 aliphatic heterocycles. The van der Waals surface area contributed by atoms with Gasteiger partial charge in [0.1, 0.15) is 5.69 Å². The Morgan fingerprint density at radius 2 is 1.56 bits per heavy atom. The summed E-state index contributed by atoms with van der Waals surface area (Å²) in [6, 6.07) is 0. The molecule has 0 aromatic carbocycles. The van der Waals surface area contributed by atoms with Gasteiger partial charge in [0.25, 0.3) is 0 Å². The molecule has 0 saturated carbocycles. The Bertz CT molecular complexity index is 370. The molecular formula is C13H24N2O. The van der Waals surface area contributed by atoms with Crippen LogP contribution in [-0.2, 0) is 5.54 Å². The van der Waals surface area contributed by atoms with Crippen molar-refractivity contribution in [3.8, 4) is 5.75 Å². The number of rotatable bonds is 2. The monoisotopic (exact) mass is 224 g/mol. The highest BCUT2D eigenvalue weighted by Crippen LogP contribution is 2.35. The highest BCUT2D eigenvalue weighted by Gasteiger charge is 2.27. The van der Waals surface area contributed by atoms with Crippen molar-refractivity contribution < 1.29 is 5.11 Å². The van der Waals surface area contributed by atoms with E-state index in [-0.39, 0.29) is 17.4 Å². The van der Waals surface area contributed by atoms with E-state index in [4.69, 9.17) is 0 Å². The van der Waals surface area contributed by atoms with Gasteiger partial charge in [-0.25, -0.2) is 0 Å². The van der Waals surface area contributed by atoms with Gasteiger partial charge in [0.05, 0.1) is 11.2 Å². The number of nitrogens with zero attached hydrogens (tertiary/aromatic N) is 2. The van der Waals surface area contributed by atoms with Crippen LogP contribution in [0.1, 0.15) is 71.7 Å². The van der Waals surface area contributed by atoms with Crippen LogP contribution in [-0.4, -0.2) is 14.9 Å². The maximum Gasteiger partial charge on any atom is 0.160 e. The lowest BCUT2D eigenvalue weighted by atomic mass is 10.0. The van der Waals surface area contributed by atoms with Gasteiger partial charge in [0, 0.05) is 5.92 Å². The molecule has 16 heavy (non-hydrogen) atoms. The van der Waals surface area contributed by atoms with Crippen LogP contribution in [0.5, 0.6) is 5.75 Å². The molecule has 0 spiro atoms. The third-order valence-corrected chi connectivity index (χ3v) is 2.65. The summed E-state index contributed by atoms with van der Waals surface area (Å²) in [6.07, 6.45) is 0. The van der Waals surface area contributed by atoms with Gasteiger partial charge in [-0.05, 0) is 26.7 Å². The van der Waals surface area contributed by atoms with Crippen LogP contribution in [0.15, 0.2) is 0 Å². The standard InChI is InChI=1S/C13H24N2O/c1-8(2)10-12(16)11(9(3)4)15(14-10)13(5,6)7/h8-9,16H,1-7H3. The van der Waals surface area contributed by atoms with Gasteiger partial charge in [0.15, 0.2) is 5.75 Å². The Kier molecular flexibility index (Phi) is 3.36.